The van der Waals surface area contributed by atoms with Gasteiger partial charge in [0.1, 0.15) is 25.0 Å². The quantitative estimate of drug-likeness (QED) is 0.294. The second-order valence-electron chi connectivity index (χ2n) is 8.81. The fraction of sp³-hybridized carbons (Fsp3) is 0.320. The van der Waals surface area contributed by atoms with Crippen LogP contribution >= 0.6 is 0 Å². The fourth-order valence-corrected chi connectivity index (χ4v) is 4.82. The molecule has 10 heteroatoms. The van der Waals surface area contributed by atoms with Gasteiger partial charge in [-0.2, -0.15) is 5.10 Å². The summed E-state index contributed by atoms with van der Waals surface area (Å²) in [5.41, 5.74) is 1.47. The first-order valence-electron chi connectivity index (χ1n) is 11.5. The van der Waals surface area contributed by atoms with E-state index in [0.717, 1.165) is 35.2 Å². The van der Waals surface area contributed by atoms with Gasteiger partial charge >= 0.3 is 5.97 Å². The van der Waals surface area contributed by atoms with Crippen LogP contribution in [0.5, 0.6) is 5.75 Å². The van der Waals surface area contributed by atoms with Crippen molar-refractivity contribution in [1.29, 1.82) is 0 Å². The third-order valence-electron chi connectivity index (χ3n) is 6.75. The number of fused-ring (bicyclic) bond motifs is 5. The highest BCUT2D eigenvalue weighted by Crippen LogP contribution is 2.38. The van der Waals surface area contributed by atoms with Crippen molar-refractivity contribution >= 4 is 16.9 Å². The van der Waals surface area contributed by atoms with E-state index < -0.39 is 11.6 Å². The molecule has 0 saturated carbocycles. The minimum absolute atomic E-state index is 0.112. The Kier molecular flexibility index (Phi) is 4.92. The molecule has 0 amide bonds. The Morgan fingerprint density at radius 2 is 2.11 bits per heavy atom. The van der Waals surface area contributed by atoms with Gasteiger partial charge in [-0.05, 0) is 36.8 Å². The number of benzene rings is 1. The van der Waals surface area contributed by atoms with Gasteiger partial charge in [0.15, 0.2) is 5.60 Å². The zero-order valence-corrected chi connectivity index (χ0v) is 19.1. The van der Waals surface area contributed by atoms with E-state index in [2.05, 4.69) is 10.1 Å². The average molecular weight is 473 g/mol. The van der Waals surface area contributed by atoms with Crippen LogP contribution in [-0.4, -0.2) is 42.0 Å². The van der Waals surface area contributed by atoms with Crippen molar-refractivity contribution in [3.63, 3.8) is 0 Å². The van der Waals surface area contributed by atoms with Crippen LogP contribution in [0.15, 0.2) is 47.8 Å². The number of cyclic esters (lactones) is 1. The van der Waals surface area contributed by atoms with Crippen molar-refractivity contribution in [3.05, 3.63) is 70.0 Å². The minimum Gasteiger partial charge on any atom is -0.494 e. The van der Waals surface area contributed by atoms with Crippen molar-refractivity contribution in [2.24, 2.45) is 0 Å². The number of ether oxygens (including phenoxy) is 2. The Morgan fingerprint density at radius 1 is 1.23 bits per heavy atom. The lowest BCUT2D eigenvalue weighted by Gasteiger charge is -2.31. The summed E-state index contributed by atoms with van der Waals surface area (Å²) in [7, 11) is 0. The lowest BCUT2D eigenvalue weighted by atomic mass is 9.86. The lowest BCUT2D eigenvalue weighted by molar-refractivity contribution is -0.172. The number of aryl methyl sites for hydroxylation is 1. The maximum atomic E-state index is 13.3. The van der Waals surface area contributed by atoms with Crippen molar-refractivity contribution in [1.82, 2.24) is 24.3 Å². The monoisotopic (exact) mass is 473 g/mol. The van der Waals surface area contributed by atoms with Gasteiger partial charge in [-0.3, -0.25) is 9.48 Å². The van der Waals surface area contributed by atoms with Gasteiger partial charge in [0.25, 0.3) is 5.56 Å². The van der Waals surface area contributed by atoms with Crippen LogP contribution in [0.4, 0.5) is 0 Å². The van der Waals surface area contributed by atoms with Crippen molar-refractivity contribution < 1.29 is 19.4 Å². The van der Waals surface area contributed by atoms with Gasteiger partial charge in [-0.15, -0.1) is 0 Å². The number of carbonyl (C=O) groups excluding carboxylic acids is 1. The summed E-state index contributed by atoms with van der Waals surface area (Å²) in [5.74, 6) is 0.0139. The number of hydrogen-bond acceptors (Lipinski definition) is 8. The molecule has 0 bridgehead atoms. The maximum Gasteiger partial charge on any atom is 0.343 e. The molecule has 4 aromatic rings. The first-order valence-corrected chi connectivity index (χ1v) is 11.5. The molecule has 0 saturated heterocycles. The molecule has 2 aliphatic heterocycles. The fourth-order valence-electron chi connectivity index (χ4n) is 4.82. The summed E-state index contributed by atoms with van der Waals surface area (Å²) in [6.45, 7) is 3.18. The van der Waals surface area contributed by atoms with Gasteiger partial charge in [-0.1, -0.05) is 6.92 Å². The Hall–Kier alpha value is -4.05. The van der Waals surface area contributed by atoms with Gasteiger partial charge in [0, 0.05) is 29.5 Å². The molecule has 0 spiro atoms. The second-order valence-corrected chi connectivity index (χ2v) is 8.81. The Balaban J connectivity index is 1.31. The molecule has 178 valence electrons. The van der Waals surface area contributed by atoms with E-state index >= 15 is 0 Å². The number of hydrogen-bond donors (Lipinski definition) is 1. The number of aliphatic hydroxyl groups is 1. The highest BCUT2D eigenvalue weighted by molar-refractivity contribution is 5.87. The standard InChI is InChI=1S/C25H23N5O5/c1-2-25(33)19-10-21-22-16(11-30(21)23(31)18(19)12-35-24(25)32)8-15-9-17(4-5-20(15)28-22)34-7-3-6-29-14-26-13-27-29/h4-5,8-10,13-14,33H,2-3,6-7,11-12H2,1H3/t25-/m0/s1. The summed E-state index contributed by atoms with van der Waals surface area (Å²) >= 11 is 0. The minimum atomic E-state index is -1.83. The first kappa shape index (κ1) is 21.5. The summed E-state index contributed by atoms with van der Waals surface area (Å²) in [6, 6.07) is 9.44. The molecule has 0 fully saturated rings. The summed E-state index contributed by atoms with van der Waals surface area (Å²) in [4.78, 5) is 34.3. The molecule has 0 unspecified atom stereocenters. The van der Waals surface area contributed by atoms with Crippen LogP contribution in [0.2, 0.25) is 0 Å². The number of carbonyl (C=O) groups is 1. The Morgan fingerprint density at radius 3 is 2.91 bits per heavy atom. The van der Waals surface area contributed by atoms with Crippen LogP contribution in [0, 0.1) is 0 Å². The molecule has 0 radical (unpaired) electrons. The van der Waals surface area contributed by atoms with Gasteiger partial charge < -0.3 is 19.1 Å². The topological polar surface area (TPSA) is 121 Å². The van der Waals surface area contributed by atoms with E-state index in [4.69, 9.17) is 14.5 Å². The van der Waals surface area contributed by atoms with Crippen molar-refractivity contribution in [2.75, 3.05) is 6.61 Å². The average Bonchev–Trinajstić information content (AvgIpc) is 3.51. The van der Waals surface area contributed by atoms with E-state index in [0.29, 0.717) is 35.7 Å². The molecule has 35 heavy (non-hydrogen) atoms. The SMILES string of the molecule is CC[C@@]1(O)C(=O)OCc2c1cc1n(c2=O)Cc2cc3cc(OCCCn4cncn4)ccc3nc2-1. The number of aromatic nitrogens is 5. The zero-order chi connectivity index (χ0) is 24.2. The largest absolute Gasteiger partial charge is 0.494 e. The summed E-state index contributed by atoms with van der Waals surface area (Å²) < 4.78 is 14.4. The predicted octanol–water partition coefficient (Wildman–Crippen LogP) is 2.14. The third-order valence-corrected chi connectivity index (χ3v) is 6.75. The third kappa shape index (κ3) is 3.40. The van der Waals surface area contributed by atoms with Crippen LogP contribution < -0.4 is 10.3 Å². The summed E-state index contributed by atoms with van der Waals surface area (Å²) in [6.07, 6.45) is 4.09. The van der Waals surface area contributed by atoms with E-state index in [9.17, 15) is 14.7 Å². The molecular formula is C25H23N5O5. The van der Waals surface area contributed by atoms with E-state index in [1.165, 1.54) is 6.33 Å². The molecule has 1 N–H and O–H groups in total. The first-order chi connectivity index (χ1) is 17.0. The van der Waals surface area contributed by atoms with Crippen LogP contribution in [0.25, 0.3) is 22.3 Å². The molecule has 10 nitrogen and oxygen atoms in total. The second kappa shape index (κ2) is 8.02. The molecule has 5 heterocycles. The highest BCUT2D eigenvalue weighted by atomic mass is 16.6. The molecule has 1 aromatic carbocycles. The molecule has 3 aromatic heterocycles. The Bertz CT molecular complexity index is 1530. The smallest absolute Gasteiger partial charge is 0.343 e. The number of nitrogens with zero attached hydrogens (tertiary/aromatic N) is 5. The van der Waals surface area contributed by atoms with Gasteiger partial charge in [0.05, 0.1) is 35.6 Å². The zero-order valence-electron chi connectivity index (χ0n) is 19.1. The molecule has 6 rings (SSSR count). The highest BCUT2D eigenvalue weighted by Gasteiger charge is 2.45. The van der Waals surface area contributed by atoms with E-state index in [1.54, 1.807) is 28.6 Å². The lowest BCUT2D eigenvalue weighted by Crippen LogP contribution is -2.44. The summed E-state index contributed by atoms with van der Waals surface area (Å²) in [5, 5.41) is 16.0. The number of pyridine rings is 2. The van der Waals surface area contributed by atoms with Crippen LogP contribution in [0.1, 0.15) is 36.5 Å². The molecular weight excluding hydrogens is 450 g/mol. The van der Waals surface area contributed by atoms with Gasteiger partial charge in [-0.25, -0.2) is 14.8 Å². The molecule has 2 aliphatic rings. The molecule has 1 atom stereocenters. The van der Waals surface area contributed by atoms with E-state index in [1.807, 2.05) is 24.3 Å². The predicted molar refractivity (Wildman–Crippen MR) is 125 cm³/mol. The normalized spacial score (nSPS) is 18.2. The van der Waals surface area contributed by atoms with Crippen molar-refractivity contribution in [2.45, 2.75) is 45.1 Å². The van der Waals surface area contributed by atoms with Gasteiger partial charge in [0.2, 0.25) is 0 Å². The Labute approximate surface area is 199 Å². The van der Waals surface area contributed by atoms with Crippen LogP contribution in [0.3, 0.4) is 0 Å². The van der Waals surface area contributed by atoms with Crippen molar-refractivity contribution in [3.8, 4) is 17.1 Å². The van der Waals surface area contributed by atoms with E-state index in [-0.39, 0.29) is 18.6 Å². The van der Waals surface area contributed by atoms with Crippen LogP contribution in [-0.2, 0) is 34.8 Å². The number of rotatable bonds is 6. The maximum absolute atomic E-state index is 13.3. The number of esters is 1. The molecule has 0 aliphatic carbocycles.